The van der Waals surface area contributed by atoms with E-state index in [0.29, 0.717) is 0 Å². The summed E-state index contributed by atoms with van der Waals surface area (Å²) in [7, 11) is 0. The maximum atomic E-state index is 2.52. The van der Waals surface area contributed by atoms with Crippen molar-refractivity contribution in [2.75, 3.05) is 16.3 Å². The smallest absolute Gasteiger partial charge is 0.169 e. The highest BCUT2D eigenvalue weighted by atomic mass is 15.3. The van der Waals surface area contributed by atoms with Gasteiger partial charge in [-0.1, -0.05) is 79.2 Å². The van der Waals surface area contributed by atoms with Gasteiger partial charge in [0.15, 0.2) is 24.8 Å². The highest BCUT2D eigenvalue weighted by Crippen LogP contribution is 2.51. The van der Waals surface area contributed by atoms with E-state index in [9.17, 15) is 0 Å². The van der Waals surface area contributed by atoms with Crippen molar-refractivity contribution in [3.8, 4) is 11.1 Å². The SMILES string of the molecule is c1ccc(CCC[n+]2ccc(-c3cc[n+](CCCCCCN4c5ccccc5N(c5ccccc5)c5ccccc54)cc3)cc2)cc1. The van der Waals surface area contributed by atoms with E-state index in [1.807, 2.05) is 0 Å². The van der Waals surface area contributed by atoms with Crippen molar-refractivity contribution in [1.82, 2.24) is 0 Å². The lowest BCUT2D eigenvalue weighted by atomic mass is 10.0. The summed E-state index contributed by atoms with van der Waals surface area (Å²) in [6, 6.07) is 48.1. The minimum Gasteiger partial charge on any atom is -0.338 e. The minimum absolute atomic E-state index is 1.02. The fourth-order valence-electron chi connectivity index (χ4n) is 6.74. The molecule has 0 N–H and O–H groups in total. The van der Waals surface area contributed by atoms with Crippen molar-refractivity contribution in [1.29, 1.82) is 0 Å². The average Bonchev–Trinajstić information content (AvgIpc) is 3.14. The molecular weight excluding hydrogens is 573 g/mol. The molecule has 0 fully saturated rings. The first-order valence-electron chi connectivity index (χ1n) is 17.2. The normalized spacial score (nSPS) is 12.1. The summed E-state index contributed by atoms with van der Waals surface area (Å²) in [4.78, 5) is 4.92. The number of rotatable bonds is 13. The second kappa shape index (κ2) is 14.9. The molecule has 0 atom stereocenters. The minimum atomic E-state index is 1.02. The Balaban J connectivity index is 0.888. The van der Waals surface area contributed by atoms with Crippen LogP contribution < -0.4 is 18.9 Å². The van der Waals surface area contributed by atoms with Crippen molar-refractivity contribution < 1.29 is 9.13 Å². The predicted molar refractivity (Wildman–Crippen MR) is 194 cm³/mol. The van der Waals surface area contributed by atoms with Crippen LogP contribution in [0.5, 0.6) is 0 Å². The first-order chi connectivity index (χ1) is 23.3. The van der Waals surface area contributed by atoms with Gasteiger partial charge in [0.25, 0.3) is 0 Å². The number of fused-ring (bicyclic) bond motifs is 2. The zero-order valence-electron chi connectivity index (χ0n) is 27.2. The molecule has 0 amide bonds. The number of hydrogen-bond acceptors (Lipinski definition) is 2. The first kappa shape index (κ1) is 30.4. The molecule has 0 aliphatic carbocycles. The van der Waals surface area contributed by atoms with Crippen LogP contribution >= 0.6 is 0 Å². The monoisotopic (exact) mass is 616 g/mol. The van der Waals surface area contributed by atoms with E-state index in [2.05, 4.69) is 177 Å². The Morgan fingerprint density at radius 1 is 0.404 bits per heavy atom. The standard InChI is InChI=1S/C43H44N4/c1(13-29-44-32-25-37(26-33-44)38-27-34-45(35-28-38)30-15-18-36-16-5-3-6-17-36)2-14-31-46-40-21-9-11-23-42(40)47(39-19-7-4-8-20-39)43-24-12-10-22-41(43)46/h3-12,16-17,19-28,32-35H,1-2,13-15,18,29-31H2/q+2. The van der Waals surface area contributed by atoms with E-state index in [-0.39, 0.29) is 0 Å². The Hall–Kier alpha value is -5.22. The van der Waals surface area contributed by atoms with Crippen LogP contribution in [0.15, 0.2) is 158 Å². The van der Waals surface area contributed by atoms with Crippen LogP contribution in [-0.2, 0) is 19.5 Å². The molecule has 4 nitrogen and oxygen atoms in total. The van der Waals surface area contributed by atoms with E-state index < -0.39 is 0 Å². The van der Waals surface area contributed by atoms with E-state index in [1.54, 1.807) is 0 Å². The number of benzene rings is 4. The second-order valence-corrected chi connectivity index (χ2v) is 12.5. The molecule has 0 saturated heterocycles. The van der Waals surface area contributed by atoms with Crippen molar-refractivity contribution in [2.45, 2.75) is 51.6 Å². The second-order valence-electron chi connectivity index (χ2n) is 12.5. The lowest BCUT2D eigenvalue weighted by Crippen LogP contribution is -2.33. The number of aryl methyl sites for hydroxylation is 3. The zero-order valence-corrected chi connectivity index (χ0v) is 27.2. The quantitative estimate of drug-likeness (QED) is 0.0947. The van der Waals surface area contributed by atoms with Gasteiger partial charge in [-0.2, -0.15) is 0 Å². The van der Waals surface area contributed by atoms with Crippen LogP contribution in [0.1, 0.15) is 37.7 Å². The molecule has 0 unspecified atom stereocenters. The third kappa shape index (κ3) is 7.28. The van der Waals surface area contributed by atoms with E-state index >= 15 is 0 Å². The fraction of sp³-hybridized carbons (Fsp3) is 0.209. The molecule has 6 aromatic rings. The van der Waals surface area contributed by atoms with Gasteiger partial charge in [0.05, 0.1) is 22.7 Å². The third-order valence-corrected chi connectivity index (χ3v) is 9.23. The maximum Gasteiger partial charge on any atom is 0.169 e. The molecule has 0 bridgehead atoms. The first-order valence-corrected chi connectivity index (χ1v) is 17.2. The molecule has 4 heteroatoms. The third-order valence-electron chi connectivity index (χ3n) is 9.23. The number of nitrogens with zero attached hydrogens (tertiary/aromatic N) is 4. The Morgan fingerprint density at radius 3 is 1.45 bits per heavy atom. The van der Waals surface area contributed by atoms with E-state index in [0.717, 1.165) is 38.9 Å². The Labute approximate surface area is 279 Å². The molecular formula is C43H44N4+2. The fourth-order valence-corrected chi connectivity index (χ4v) is 6.74. The summed E-state index contributed by atoms with van der Waals surface area (Å²) in [5.74, 6) is 0. The van der Waals surface area contributed by atoms with Gasteiger partial charge in [-0.25, -0.2) is 9.13 Å². The lowest BCUT2D eigenvalue weighted by molar-refractivity contribution is -0.697. The molecule has 1 aliphatic heterocycles. The number of para-hydroxylation sites is 5. The average molecular weight is 617 g/mol. The van der Waals surface area contributed by atoms with Crippen LogP contribution in [0.2, 0.25) is 0 Å². The van der Waals surface area contributed by atoms with Crippen LogP contribution in [0.3, 0.4) is 0 Å². The van der Waals surface area contributed by atoms with Gasteiger partial charge < -0.3 is 9.80 Å². The predicted octanol–water partition coefficient (Wildman–Crippen LogP) is 9.74. The van der Waals surface area contributed by atoms with Gasteiger partial charge in [0, 0.05) is 49.3 Å². The van der Waals surface area contributed by atoms with Gasteiger partial charge in [-0.15, -0.1) is 0 Å². The Bertz CT molecular complexity index is 1800. The zero-order chi connectivity index (χ0) is 31.7. The van der Waals surface area contributed by atoms with Crippen molar-refractivity contribution in [2.24, 2.45) is 0 Å². The summed E-state index contributed by atoms with van der Waals surface area (Å²) in [6.45, 7) is 3.11. The molecule has 0 spiro atoms. The molecule has 0 radical (unpaired) electrons. The number of unbranched alkanes of at least 4 members (excludes halogenated alkanes) is 3. The number of hydrogen-bond donors (Lipinski definition) is 0. The molecule has 3 heterocycles. The number of anilines is 5. The van der Waals surface area contributed by atoms with Gasteiger partial charge >= 0.3 is 0 Å². The molecule has 234 valence electrons. The van der Waals surface area contributed by atoms with Crippen molar-refractivity contribution >= 4 is 28.4 Å². The van der Waals surface area contributed by atoms with E-state index in [1.165, 1.54) is 64.4 Å². The summed E-state index contributed by atoms with van der Waals surface area (Å²) in [6.07, 6.45) is 15.9. The van der Waals surface area contributed by atoms with E-state index in [4.69, 9.17) is 0 Å². The Kier molecular flexibility index (Phi) is 9.66. The molecule has 47 heavy (non-hydrogen) atoms. The highest BCUT2D eigenvalue weighted by Gasteiger charge is 2.28. The number of pyridine rings is 2. The van der Waals surface area contributed by atoms with Crippen molar-refractivity contribution in [3.63, 3.8) is 0 Å². The van der Waals surface area contributed by atoms with Gasteiger partial charge in [0.1, 0.15) is 13.1 Å². The summed E-state index contributed by atoms with van der Waals surface area (Å²) < 4.78 is 4.61. The summed E-state index contributed by atoms with van der Waals surface area (Å²) >= 11 is 0. The van der Waals surface area contributed by atoms with Crippen LogP contribution in [-0.4, -0.2) is 6.54 Å². The topological polar surface area (TPSA) is 14.2 Å². The number of aromatic nitrogens is 2. The van der Waals surface area contributed by atoms with Crippen LogP contribution in [0, 0.1) is 0 Å². The van der Waals surface area contributed by atoms with Gasteiger partial charge in [-0.3, -0.25) is 0 Å². The lowest BCUT2D eigenvalue weighted by Gasteiger charge is -2.40. The molecule has 7 rings (SSSR count). The maximum absolute atomic E-state index is 2.52. The molecule has 0 saturated carbocycles. The van der Waals surface area contributed by atoms with Crippen LogP contribution in [0.25, 0.3) is 11.1 Å². The largest absolute Gasteiger partial charge is 0.338 e. The Morgan fingerprint density at radius 2 is 0.872 bits per heavy atom. The summed E-state index contributed by atoms with van der Waals surface area (Å²) in [5, 5.41) is 0. The molecule has 4 aromatic carbocycles. The highest BCUT2D eigenvalue weighted by molar-refractivity contribution is 5.97. The molecule has 1 aliphatic rings. The van der Waals surface area contributed by atoms with Crippen molar-refractivity contribution in [3.05, 3.63) is 164 Å². The molecule has 2 aromatic heterocycles. The van der Waals surface area contributed by atoms with Gasteiger partial charge in [0.2, 0.25) is 0 Å². The summed E-state index contributed by atoms with van der Waals surface area (Å²) in [5.41, 5.74) is 10.2. The van der Waals surface area contributed by atoms with Gasteiger partial charge in [-0.05, 0) is 72.4 Å². The van der Waals surface area contributed by atoms with Crippen LogP contribution in [0.4, 0.5) is 28.4 Å².